The second-order valence-corrected chi connectivity index (χ2v) is 3.83. The van der Waals surface area contributed by atoms with Gasteiger partial charge in [-0.1, -0.05) is 0 Å². The Labute approximate surface area is 82.3 Å². The van der Waals surface area contributed by atoms with E-state index in [0.29, 0.717) is 17.3 Å². The highest BCUT2D eigenvalue weighted by Gasteiger charge is 2.26. The number of nitrogens with one attached hydrogen (secondary N) is 1. The monoisotopic (exact) mass is 194 g/mol. The maximum atomic E-state index is 11.8. The van der Waals surface area contributed by atoms with Crippen molar-refractivity contribution in [1.29, 1.82) is 0 Å². The molecule has 0 aromatic carbocycles. The number of carbonyl (C=O) groups excluding carboxylic acids is 1. The molecule has 0 atom stereocenters. The van der Waals surface area contributed by atoms with Gasteiger partial charge in [0.1, 0.15) is 5.69 Å². The topological polar surface area (TPSA) is 75.0 Å². The van der Waals surface area contributed by atoms with Crippen molar-refractivity contribution in [3.8, 4) is 0 Å². The molecule has 1 aliphatic carbocycles. The Morgan fingerprint density at radius 3 is 3.00 bits per heavy atom. The molecular formula is C9H14N4O. The molecule has 5 nitrogen and oxygen atoms in total. The van der Waals surface area contributed by atoms with E-state index in [0.717, 1.165) is 6.54 Å². The van der Waals surface area contributed by atoms with Crippen LogP contribution in [-0.4, -0.2) is 34.6 Å². The molecule has 0 spiro atoms. The van der Waals surface area contributed by atoms with E-state index in [9.17, 15) is 4.79 Å². The molecular weight excluding hydrogens is 180 g/mol. The van der Waals surface area contributed by atoms with Crippen LogP contribution in [0.25, 0.3) is 0 Å². The highest BCUT2D eigenvalue weighted by Crippen LogP contribution is 2.29. The maximum absolute atomic E-state index is 11.8. The zero-order valence-corrected chi connectivity index (χ0v) is 8.16. The predicted molar refractivity (Wildman–Crippen MR) is 52.7 cm³/mol. The smallest absolute Gasteiger partial charge is 0.273 e. The third-order valence-electron chi connectivity index (χ3n) is 2.46. The van der Waals surface area contributed by atoms with E-state index in [1.807, 2.05) is 0 Å². The summed E-state index contributed by atoms with van der Waals surface area (Å²) in [5.41, 5.74) is 6.40. The van der Waals surface area contributed by atoms with Gasteiger partial charge in [-0.15, -0.1) is 0 Å². The molecule has 1 heterocycles. The van der Waals surface area contributed by atoms with Crippen molar-refractivity contribution in [1.82, 2.24) is 15.1 Å². The van der Waals surface area contributed by atoms with Crippen LogP contribution in [-0.2, 0) is 0 Å². The third kappa shape index (κ3) is 1.71. The standard InChI is InChI=1S/C9H14N4O/c1-13(5-6-2-3-6)9(14)8-7(10)4-11-12-8/h4,6H,2-3,5,10H2,1H3,(H,11,12). The second-order valence-electron chi connectivity index (χ2n) is 3.83. The molecule has 1 saturated carbocycles. The van der Waals surface area contributed by atoms with Gasteiger partial charge in [0, 0.05) is 13.6 Å². The van der Waals surface area contributed by atoms with E-state index in [1.165, 1.54) is 19.0 Å². The predicted octanol–water partition coefficient (Wildman–Crippen LogP) is 0.474. The first-order valence-corrected chi connectivity index (χ1v) is 4.73. The van der Waals surface area contributed by atoms with Crippen LogP contribution in [0.4, 0.5) is 5.69 Å². The Bertz CT molecular complexity index is 342. The van der Waals surface area contributed by atoms with E-state index >= 15 is 0 Å². The lowest BCUT2D eigenvalue weighted by Gasteiger charge is -2.15. The number of nitrogens with zero attached hydrogens (tertiary/aromatic N) is 2. The van der Waals surface area contributed by atoms with Gasteiger partial charge in [-0.25, -0.2) is 0 Å². The van der Waals surface area contributed by atoms with Gasteiger partial charge in [0.2, 0.25) is 0 Å². The fraction of sp³-hybridized carbons (Fsp3) is 0.556. The zero-order valence-electron chi connectivity index (χ0n) is 8.16. The summed E-state index contributed by atoms with van der Waals surface area (Å²) < 4.78 is 0. The summed E-state index contributed by atoms with van der Waals surface area (Å²) in [6.07, 6.45) is 3.92. The van der Waals surface area contributed by atoms with Crippen molar-refractivity contribution in [2.24, 2.45) is 5.92 Å². The zero-order chi connectivity index (χ0) is 10.1. The first kappa shape index (κ1) is 9.05. The van der Waals surface area contributed by atoms with Crippen molar-refractivity contribution in [3.63, 3.8) is 0 Å². The molecule has 1 aromatic rings. The van der Waals surface area contributed by atoms with Crippen LogP contribution in [0.2, 0.25) is 0 Å². The Hall–Kier alpha value is -1.52. The molecule has 1 fully saturated rings. The van der Waals surface area contributed by atoms with Crippen molar-refractivity contribution in [2.45, 2.75) is 12.8 Å². The van der Waals surface area contributed by atoms with Gasteiger partial charge < -0.3 is 10.6 Å². The van der Waals surface area contributed by atoms with Crippen molar-refractivity contribution in [2.75, 3.05) is 19.3 Å². The number of anilines is 1. The Morgan fingerprint density at radius 1 is 1.79 bits per heavy atom. The van der Waals surface area contributed by atoms with Gasteiger partial charge in [-0.3, -0.25) is 9.89 Å². The average Bonchev–Trinajstić information content (AvgIpc) is 2.86. The van der Waals surface area contributed by atoms with Gasteiger partial charge in [0.15, 0.2) is 0 Å². The van der Waals surface area contributed by atoms with Crippen LogP contribution in [0.1, 0.15) is 23.3 Å². The SMILES string of the molecule is CN(CC1CC1)C(=O)c1[nH]ncc1N. The van der Waals surface area contributed by atoms with Crippen LogP contribution < -0.4 is 5.73 Å². The number of nitrogens with two attached hydrogens (primary N) is 1. The number of aromatic amines is 1. The Kier molecular flexibility index (Phi) is 2.15. The number of nitrogen functional groups attached to an aromatic ring is 1. The normalized spacial score (nSPS) is 15.5. The molecule has 14 heavy (non-hydrogen) atoms. The molecule has 0 saturated heterocycles. The summed E-state index contributed by atoms with van der Waals surface area (Å²) >= 11 is 0. The van der Waals surface area contributed by atoms with E-state index in [4.69, 9.17) is 5.73 Å². The summed E-state index contributed by atoms with van der Waals surface area (Å²) in [6, 6.07) is 0. The summed E-state index contributed by atoms with van der Waals surface area (Å²) in [7, 11) is 1.79. The quantitative estimate of drug-likeness (QED) is 0.734. The molecule has 0 radical (unpaired) electrons. The van der Waals surface area contributed by atoms with Crippen LogP contribution >= 0.6 is 0 Å². The van der Waals surface area contributed by atoms with E-state index in [2.05, 4.69) is 10.2 Å². The first-order valence-electron chi connectivity index (χ1n) is 4.73. The first-order chi connectivity index (χ1) is 6.68. The Morgan fingerprint density at radius 2 is 2.50 bits per heavy atom. The minimum absolute atomic E-state index is 0.0769. The maximum Gasteiger partial charge on any atom is 0.273 e. The number of rotatable bonds is 3. The summed E-state index contributed by atoms with van der Waals surface area (Å²) in [5, 5.41) is 6.34. The second kappa shape index (κ2) is 3.32. The van der Waals surface area contributed by atoms with Crippen LogP contribution in [0.3, 0.4) is 0 Å². The fourth-order valence-electron chi connectivity index (χ4n) is 1.43. The molecule has 0 unspecified atom stereocenters. The van der Waals surface area contributed by atoms with E-state index in [1.54, 1.807) is 11.9 Å². The average molecular weight is 194 g/mol. The van der Waals surface area contributed by atoms with Gasteiger partial charge in [0.25, 0.3) is 5.91 Å². The number of amides is 1. The number of carbonyl (C=O) groups is 1. The van der Waals surface area contributed by atoms with Gasteiger partial charge >= 0.3 is 0 Å². The molecule has 5 heteroatoms. The van der Waals surface area contributed by atoms with Gasteiger partial charge in [-0.05, 0) is 18.8 Å². The molecule has 0 bridgehead atoms. The van der Waals surface area contributed by atoms with E-state index < -0.39 is 0 Å². The van der Waals surface area contributed by atoms with Crippen LogP contribution in [0.5, 0.6) is 0 Å². The lowest BCUT2D eigenvalue weighted by molar-refractivity contribution is 0.0784. The molecule has 1 aliphatic rings. The highest BCUT2D eigenvalue weighted by atomic mass is 16.2. The third-order valence-corrected chi connectivity index (χ3v) is 2.46. The number of H-pyrrole nitrogens is 1. The fourth-order valence-corrected chi connectivity index (χ4v) is 1.43. The van der Waals surface area contributed by atoms with Crippen molar-refractivity contribution < 1.29 is 4.79 Å². The Balaban J connectivity index is 2.03. The van der Waals surface area contributed by atoms with Crippen LogP contribution in [0.15, 0.2) is 6.20 Å². The molecule has 1 amide bonds. The summed E-state index contributed by atoms with van der Waals surface area (Å²) in [5.74, 6) is 0.611. The summed E-state index contributed by atoms with van der Waals surface area (Å²) in [4.78, 5) is 13.5. The van der Waals surface area contributed by atoms with Gasteiger partial charge in [0.05, 0.1) is 11.9 Å². The lowest BCUT2D eigenvalue weighted by atomic mass is 10.3. The molecule has 1 aromatic heterocycles. The summed E-state index contributed by atoms with van der Waals surface area (Å²) in [6.45, 7) is 0.817. The molecule has 0 aliphatic heterocycles. The van der Waals surface area contributed by atoms with E-state index in [-0.39, 0.29) is 5.91 Å². The molecule has 76 valence electrons. The lowest BCUT2D eigenvalue weighted by Crippen LogP contribution is -2.29. The van der Waals surface area contributed by atoms with Crippen molar-refractivity contribution >= 4 is 11.6 Å². The highest BCUT2D eigenvalue weighted by molar-refractivity contribution is 5.96. The minimum atomic E-state index is -0.0769. The molecule has 3 N–H and O–H groups in total. The largest absolute Gasteiger partial charge is 0.396 e. The van der Waals surface area contributed by atoms with Crippen molar-refractivity contribution in [3.05, 3.63) is 11.9 Å². The molecule has 2 rings (SSSR count). The number of hydrogen-bond donors (Lipinski definition) is 2. The number of aromatic nitrogens is 2. The van der Waals surface area contributed by atoms with Gasteiger partial charge in [-0.2, -0.15) is 5.10 Å². The minimum Gasteiger partial charge on any atom is -0.396 e. The number of hydrogen-bond acceptors (Lipinski definition) is 3. The van der Waals surface area contributed by atoms with Crippen LogP contribution in [0, 0.1) is 5.92 Å².